The van der Waals surface area contributed by atoms with Crippen molar-refractivity contribution >= 4 is 22.0 Å². The molecule has 0 radical (unpaired) electrons. The van der Waals surface area contributed by atoms with Crippen molar-refractivity contribution in [3.05, 3.63) is 71.3 Å². The second-order valence-electron chi connectivity index (χ2n) is 6.54. The minimum atomic E-state index is -4.45. The second kappa shape index (κ2) is 8.79. The maximum atomic E-state index is 12.7. The van der Waals surface area contributed by atoms with Crippen molar-refractivity contribution in [2.45, 2.75) is 24.0 Å². The van der Waals surface area contributed by atoms with Crippen LogP contribution in [-0.2, 0) is 21.0 Å². The lowest BCUT2D eigenvalue weighted by Gasteiger charge is -2.15. The number of alkyl halides is 3. The van der Waals surface area contributed by atoms with E-state index in [9.17, 15) is 26.4 Å². The molecule has 1 atom stereocenters. The minimum Gasteiger partial charge on any atom is -0.346 e. The van der Waals surface area contributed by atoms with Gasteiger partial charge in [0.25, 0.3) is 0 Å². The number of hydrogen-bond acceptors (Lipinski definition) is 3. The number of carbonyl (C=O) groups is 1. The number of halogens is 3. The summed E-state index contributed by atoms with van der Waals surface area (Å²) in [6, 6.07) is 10.3. The van der Waals surface area contributed by atoms with Crippen molar-refractivity contribution < 1.29 is 26.4 Å². The Morgan fingerprint density at radius 2 is 1.72 bits per heavy atom. The summed E-state index contributed by atoms with van der Waals surface area (Å²) in [6.07, 6.45) is -2.01. The van der Waals surface area contributed by atoms with Crippen LogP contribution >= 0.6 is 0 Å². The van der Waals surface area contributed by atoms with Gasteiger partial charge in [0.2, 0.25) is 15.9 Å². The fourth-order valence-corrected chi connectivity index (χ4v) is 3.38. The van der Waals surface area contributed by atoms with Gasteiger partial charge in [0.1, 0.15) is 0 Å². The fourth-order valence-electron chi connectivity index (χ4n) is 2.47. The van der Waals surface area contributed by atoms with Crippen molar-refractivity contribution in [3.8, 4) is 0 Å². The largest absolute Gasteiger partial charge is 0.416 e. The van der Waals surface area contributed by atoms with Crippen molar-refractivity contribution in [1.82, 2.24) is 9.62 Å². The SMILES string of the molecule is CC(NC(=O)/C=C/c1cccc(C(F)(F)F)c1)c1ccc(S(=O)(=O)N(C)C)cc1. The summed E-state index contributed by atoms with van der Waals surface area (Å²) in [6.45, 7) is 1.71. The van der Waals surface area contributed by atoms with Gasteiger partial charge in [-0.05, 0) is 48.4 Å². The topological polar surface area (TPSA) is 66.5 Å². The summed E-state index contributed by atoms with van der Waals surface area (Å²) in [5.41, 5.74) is 0.144. The van der Waals surface area contributed by atoms with Crippen LogP contribution in [0.2, 0.25) is 0 Å². The number of amides is 1. The van der Waals surface area contributed by atoms with Crippen LogP contribution < -0.4 is 5.32 Å². The van der Waals surface area contributed by atoms with E-state index in [1.165, 1.54) is 44.4 Å². The molecule has 29 heavy (non-hydrogen) atoms. The van der Waals surface area contributed by atoms with E-state index in [-0.39, 0.29) is 10.5 Å². The van der Waals surface area contributed by atoms with Gasteiger partial charge in [0.15, 0.2) is 0 Å². The average molecular weight is 426 g/mol. The predicted octanol–water partition coefficient (Wildman–Crippen LogP) is 3.85. The Balaban J connectivity index is 2.05. The number of hydrogen-bond donors (Lipinski definition) is 1. The summed E-state index contributed by atoms with van der Waals surface area (Å²) < 4.78 is 63.4. The molecule has 0 spiro atoms. The van der Waals surface area contributed by atoms with Gasteiger partial charge in [-0.2, -0.15) is 13.2 Å². The lowest BCUT2D eigenvalue weighted by molar-refractivity contribution is -0.137. The first-order chi connectivity index (χ1) is 13.4. The van der Waals surface area contributed by atoms with Gasteiger partial charge in [-0.15, -0.1) is 0 Å². The quantitative estimate of drug-likeness (QED) is 0.714. The number of sulfonamides is 1. The van der Waals surface area contributed by atoms with Crippen LogP contribution in [-0.4, -0.2) is 32.7 Å². The molecule has 5 nitrogen and oxygen atoms in total. The number of benzene rings is 2. The van der Waals surface area contributed by atoms with Crippen LogP contribution in [0, 0.1) is 0 Å². The Kier molecular flexibility index (Phi) is 6.86. The monoisotopic (exact) mass is 426 g/mol. The molecule has 0 fully saturated rings. The van der Waals surface area contributed by atoms with Gasteiger partial charge < -0.3 is 5.32 Å². The highest BCUT2D eigenvalue weighted by Crippen LogP contribution is 2.29. The summed E-state index contributed by atoms with van der Waals surface area (Å²) in [4.78, 5) is 12.2. The Hall–Kier alpha value is -2.65. The molecule has 1 amide bonds. The van der Waals surface area contributed by atoms with Crippen molar-refractivity contribution in [3.63, 3.8) is 0 Å². The van der Waals surface area contributed by atoms with Gasteiger partial charge >= 0.3 is 6.18 Å². The average Bonchev–Trinajstić information content (AvgIpc) is 2.66. The zero-order valence-corrected chi connectivity index (χ0v) is 16.9. The third-order valence-corrected chi connectivity index (χ3v) is 5.99. The zero-order valence-electron chi connectivity index (χ0n) is 16.1. The maximum absolute atomic E-state index is 12.7. The Morgan fingerprint density at radius 3 is 2.28 bits per heavy atom. The van der Waals surface area contributed by atoms with Gasteiger partial charge in [-0.3, -0.25) is 4.79 Å². The van der Waals surface area contributed by atoms with Gasteiger partial charge in [0, 0.05) is 20.2 Å². The van der Waals surface area contributed by atoms with Crippen molar-refractivity contribution in [2.75, 3.05) is 14.1 Å². The van der Waals surface area contributed by atoms with Gasteiger partial charge in [0.05, 0.1) is 16.5 Å². The third-order valence-electron chi connectivity index (χ3n) is 4.16. The van der Waals surface area contributed by atoms with E-state index in [1.807, 2.05) is 0 Å². The first-order valence-corrected chi connectivity index (χ1v) is 10.0. The molecule has 0 saturated carbocycles. The molecule has 2 rings (SSSR count). The number of rotatable bonds is 6. The molecule has 0 aliphatic carbocycles. The molecule has 0 saturated heterocycles. The molecular weight excluding hydrogens is 405 g/mol. The Labute approximate surface area is 167 Å². The third kappa shape index (κ3) is 5.91. The molecule has 2 aromatic rings. The van der Waals surface area contributed by atoms with Crippen LogP contribution in [0.4, 0.5) is 13.2 Å². The van der Waals surface area contributed by atoms with Crippen molar-refractivity contribution in [1.29, 1.82) is 0 Å². The van der Waals surface area contributed by atoms with Crippen LogP contribution in [0.25, 0.3) is 6.08 Å². The fraction of sp³-hybridized carbons (Fsp3) is 0.250. The van der Waals surface area contributed by atoms with Gasteiger partial charge in [-0.1, -0.05) is 24.3 Å². The van der Waals surface area contributed by atoms with E-state index in [0.29, 0.717) is 5.56 Å². The minimum absolute atomic E-state index is 0.134. The number of nitrogens with zero attached hydrogens (tertiary/aromatic N) is 1. The highest BCUT2D eigenvalue weighted by molar-refractivity contribution is 7.89. The second-order valence-corrected chi connectivity index (χ2v) is 8.70. The molecule has 2 aromatic carbocycles. The van der Waals surface area contributed by atoms with Crippen LogP contribution in [0.15, 0.2) is 59.5 Å². The van der Waals surface area contributed by atoms with Crippen molar-refractivity contribution in [2.24, 2.45) is 0 Å². The van der Waals surface area contributed by atoms with E-state index in [2.05, 4.69) is 5.32 Å². The van der Waals surface area contributed by atoms with Gasteiger partial charge in [-0.25, -0.2) is 12.7 Å². The molecule has 1 unspecified atom stereocenters. The van der Waals surface area contributed by atoms with Crippen LogP contribution in [0.3, 0.4) is 0 Å². The summed E-state index contributed by atoms with van der Waals surface area (Å²) in [5, 5.41) is 2.68. The van der Waals surface area contributed by atoms with E-state index in [4.69, 9.17) is 0 Å². The normalized spacial score (nSPS) is 13.6. The number of carbonyl (C=O) groups excluding carboxylic acids is 1. The molecular formula is C20H21F3N2O3S. The first kappa shape index (κ1) is 22.6. The van der Waals surface area contributed by atoms with E-state index in [0.717, 1.165) is 22.5 Å². The predicted molar refractivity (Wildman–Crippen MR) is 104 cm³/mol. The van der Waals surface area contributed by atoms with E-state index < -0.39 is 33.7 Å². The zero-order chi connectivity index (χ0) is 21.8. The maximum Gasteiger partial charge on any atom is 0.416 e. The standard InChI is InChI=1S/C20H21F3N2O3S/c1-14(16-8-10-18(11-9-16)29(27,28)25(2)3)24-19(26)12-7-15-5-4-6-17(13-15)20(21,22)23/h4-14H,1-3H3,(H,24,26)/b12-7+. The van der Waals surface area contributed by atoms with E-state index >= 15 is 0 Å². The molecule has 9 heteroatoms. The molecule has 1 N–H and O–H groups in total. The van der Waals surface area contributed by atoms with Crippen LogP contribution in [0.5, 0.6) is 0 Å². The molecule has 0 bridgehead atoms. The van der Waals surface area contributed by atoms with Crippen LogP contribution in [0.1, 0.15) is 29.7 Å². The number of nitrogens with one attached hydrogen (secondary N) is 1. The molecule has 0 aromatic heterocycles. The highest BCUT2D eigenvalue weighted by Gasteiger charge is 2.30. The molecule has 0 aliphatic rings. The Morgan fingerprint density at radius 1 is 1.10 bits per heavy atom. The lowest BCUT2D eigenvalue weighted by atomic mass is 10.1. The first-order valence-electron chi connectivity index (χ1n) is 8.59. The lowest BCUT2D eigenvalue weighted by Crippen LogP contribution is -2.25. The molecule has 156 valence electrons. The van der Waals surface area contributed by atoms with E-state index in [1.54, 1.807) is 19.1 Å². The summed E-state index contributed by atoms with van der Waals surface area (Å²) in [5.74, 6) is -0.486. The molecule has 0 aliphatic heterocycles. The smallest absolute Gasteiger partial charge is 0.346 e. The molecule has 0 heterocycles. The Bertz CT molecular complexity index is 998. The summed E-state index contributed by atoms with van der Waals surface area (Å²) >= 11 is 0. The summed E-state index contributed by atoms with van der Waals surface area (Å²) in [7, 11) is -0.674. The highest BCUT2D eigenvalue weighted by atomic mass is 32.2.